The van der Waals surface area contributed by atoms with Crippen molar-refractivity contribution in [3.8, 4) is 0 Å². The van der Waals surface area contributed by atoms with Gasteiger partial charge in [-0.15, -0.1) is 0 Å². The van der Waals surface area contributed by atoms with E-state index in [-0.39, 0.29) is 17.9 Å². The first kappa shape index (κ1) is 18.2. The van der Waals surface area contributed by atoms with Gasteiger partial charge in [0.2, 0.25) is 5.91 Å². The molecule has 1 aromatic heterocycles. The Morgan fingerprint density at radius 2 is 1.92 bits per heavy atom. The second-order valence-electron chi connectivity index (χ2n) is 7.03. The van der Waals surface area contributed by atoms with Gasteiger partial charge in [0.15, 0.2) is 5.82 Å². The van der Waals surface area contributed by atoms with E-state index in [1.165, 1.54) is 0 Å². The number of hydrogen-bond donors (Lipinski definition) is 1. The summed E-state index contributed by atoms with van der Waals surface area (Å²) in [6, 6.07) is 10.1. The van der Waals surface area contributed by atoms with Crippen molar-refractivity contribution in [2.24, 2.45) is 5.92 Å². The summed E-state index contributed by atoms with van der Waals surface area (Å²) in [6.07, 6.45) is 5.12. The molecule has 1 aliphatic rings. The Hall–Kier alpha value is -2.63. The zero-order valence-corrected chi connectivity index (χ0v) is 15.7. The largest absolute Gasteiger partial charge is 0.367 e. The second-order valence-corrected chi connectivity index (χ2v) is 7.03. The molecule has 6 heteroatoms. The third-order valence-electron chi connectivity index (χ3n) is 4.96. The van der Waals surface area contributed by atoms with Crippen molar-refractivity contribution in [3.63, 3.8) is 0 Å². The highest BCUT2D eigenvalue weighted by molar-refractivity contribution is 5.79. The van der Waals surface area contributed by atoms with Gasteiger partial charge < -0.3 is 15.1 Å². The zero-order chi connectivity index (χ0) is 18.5. The summed E-state index contributed by atoms with van der Waals surface area (Å²) in [5.41, 5.74) is 2.17. The van der Waals surface area contributed by atoms with Crippen LogP contribution in [0.1, 0.15) is 31.4 Å². The van der Waals surface area contributed by atoms with Crippen molar-refractivity contribution < 1.29 is 4.79 Å². The van der Waals surface area contributed by atoms with E-state index in [4.69, 9.17) is 0 Å². The van der Waals surface area contributed by atoms with Crippen LogP contribution < -0.4 is 15.1 Å². The summed E-state index contributed by atoms with van der Waals surface area (Å²) in [5.74, 6) is 1.13. The number of aromatic nitrogens is 2. The molecular formula is C20H27N5O. The molecule has 1 fully saturated rings. The second kappa shape index (κ2) is 8.17. The molecule has 0 bridgehead atoms. The molecule has 1 amide bonds. The highest BCUT2D eigenvalue weighted by Crippen LogP contribution is 2.29. The van der Waals surface area contributed by atoms with Crippen molar-refractivity contribution >= 4 is 17.4 Å². The number of rotatable bonds is 5. The number of benzene rings is 1. The zero-order valence-electron chi connectivity index (χ0n) is 15.7. The Morgan fingerprint density at radius 3 is 2.58 bits per heavy atom. The molecule has 6 nitrogen and oxygen atoms in total. The van der Waals surface area contributed by atoms with Gasteiger partial charge in [-0.2, -0.15) is 0 Å². The Morgan fingerprint density at radius 1 is 1.23 bits per heavy atom. The van der Waals surface area contributed by atoms with Gasteiger partial charge >= 0.3 is 0 Å². The van der Waals surface area contributed by atoms with Crippen LogP contribution in [0.15, 0.2) is 42.9 Å². The van der Waals surface area contributed by atoms with E-state index < -0.39 is 0 Å². The number of hydrogen-bond acceptors (Lipinski definition) is 5. The van der Waals surface area contributed by atoms with Gasteiger partial charge in [-0.05, 0) is 25.3 Å². The molecule has 1 N–H and O–H groups in total. The van der Waals surface area contributed by atoms with Gasteiger partial charge in [0.25, 0.3) is 0 Å². The molecule has 1 aromatic carbocycles. The maximum Gasteiger partial charge on any atom is 0.223 e. The summed E-state index contributed by atoms with van der Waals surface area (Å²) in [6.45, 7) is 3.71. The normalized spacial score (nSPS) is 16.2. The highest BCUT2D eigenvalue weighted by Gasteiger charge is 2.27. The van der Waals surface area contributed by atoms with Crippen molar-refractivity contribution in [1.82, 2.24) is 15.3 Å². The number of carbonyl (C=O) groups excluding carboxylic acids is 1. The summed E-state index contributed by atoms with van der Waals surface area (Å²) in [5, 5.41) is 3.16. The number of nitrogens with zero attached hydrogens (tertiary/aromatic N) is 4. The third-order valence-corrected chi connectivity index (χ3v) is 4.96. The molecule has 138 valence electrons. The minimum absolute atomic E-state index is 0.0320. The Kier molecular flexibility index (Phi) is 5.71. The van der Waals surface area contributed by atoms with Crippen molar-refractivity contribution in [3.05, 3.63) is 48.4 Å². The summed E-state index contributed by atoms with van der Waals surface area (Å²) >= 11 is 0. The maximum atomic E-state index is 12.6. The molecule has 2 aromatic rings. The molecule has 1 atom stereocenters. The minimum atomic E-state index is 0.0320. The molecular weight excluding hydrogens is 326 g/mol. The van der Waals surface area contributed by atoms with Crippen LogP contribution in [0, 0.1) is 5.92 Å². The van der Waals surface area contributed by atoms with Gasteiger partial charge in [0.1, 0.15) is 6.33 Å². The van der Waals surface area contributed by atoms with Gasteiger partial charge in [-0.3, -0.25) is 4.79 Å². The van der Waals surface area contributed by atoms with E-state index in [1.54, 1.807) is 6.33 Å². The lowest BCUT2D eigenvalue weighted by Gasteiger charge is -2.34. The quantitative estimate of drug-likeness (QED) is 0.895. The first-order valence-electron chi connectivity index (χ1n) is 9.14. The molecule has 0 aliphatic carbocycles. The van der Waals surface area contributed by atoms with Crippen LogP contribution in [0.3, 0.4) is 0 Å². The van der Waals surface area contributed by atoms with Crippen molar-refractivity contribution in [1.29, 1.82) is 0 Å². The number of anilines is 2. The van der Waals surface area contributed by atoms with Crippen LogP contribution in [0.2, 0.25) is 0 Å². The molecule has 1 aliphatic heterocycles. The van der Waals surface area contributed by atoms with Crippen LogP contribution >= 0.6 is 0 Å². The van der Waals surface area contributed by atoms with Crippen LogP contribution in [-0.2, 0) is 4.79 Å². The predicted molar refractivity (Wildman–Crippen MR) is 104 cm³/mol. The van der Waals surface area contributed by atoms with Crippen LogP contribution in [-0.4, -0.2) is 43.1 Å². The molecule has 0 spiro atoms. The molecule has 3 rings (SSSR count). The molecule has 0 saturated carbocycles. The third kappa shape index (κ3) is 4.12. The van der Waals surface area contributed by atoms with Crippen LogP contribution in [0.5, 0.6) is 0 Å². The summed E-state index contributed by atoms with van der Waals surface area (Å²) < 4.78 is 0. The molecule has 2 heterocycles. The van der Waals surface area contributed by atoms with Gasteiger partial charge in [-0.1, -0.05) is 30.3 Å². The fourth-order valence-electron chi connectivity index (χ4n) is 3.42. The number of nitrogens with one attached hydrogen (secondary N) is 1. The van der Waals surface area contributed by atoms with E-state index in [0.717, 1.165) is 43.0 Å². The standard InChI is InChI=1S/C20H27N5O/c1-15(16-7-5-4-6-8-16)23-20(26)17-9-11-25(12-10-17)18-13-21-14-22-19(18)24(2)3/h4-8,13-15,17H,9-12H2,1-3H3,(H,23,26). The number of amides is 1. The first-order valence-corrected chi connectivity index (χ1v) is 9.14. The van der Waals surface area contributed by atoms with E-state index in [0.29, 0.717) is 0 Å². The van der Waals surface area contributed by atoms with E-state index in [1.807, 2.05) is 62.4 Å². The Balaban J connectivity index is 1.58. The molecule has 1 unspecified atom stereocenters. The smallest absolute Gasteiger partial charge is 0.223 e. The highest BCUT2D eigenvalue weighted by atomic mass is 16.1. The summed E-state index contributed by atoms with van der Waals surface area (Å²) in [7, 11) is 3.97. The minimum Gasteiger partial charge on any atom is -0.367 e. The molecule has 26 heavy (non-hydrogen) atoms. The van der Waals surface area contributed by atoms with Gasteiger partial charge in [0.05, 0.1) is 17.9 Å². The molecule has 0 radical (unpaired) electrons. The lowest BCUT2D eigenvalue weighted by molar-refractivity contribution is -0.126. The topological polar surface area (TPSA) is 61.4 Å². The predicted octanol–water partition coefficient (Wildman–Crippen LogP) is 2.64. The Labute approximate surface area is 155 Å². The van der Waals surface area contributed by atoms with E-state index >= 15 is 0 Å². The average molecular weight is 353 g/mol. The lowest BCUT2D eigenvalue weighted by atomic mass is 9.95. The van der Waals surface area contributed by atoms with Gasteiger partial charge in [-0.25, -0.2) is 9.97 Å². The number of carbonyl (C=O) groups is 1. The number of piperidine rings is 1. The van der Waals surface area contributed by atoms with Crippen molar-refractivity contribution in [2.75, 3.05) is 37.0 Å². The average Bonchev–Trinajstić information content (AvgIpc) is 2.68. The monoisotopic (exact) mass is 353 g/mol. The fourth-order valence-corrected chi connectivity index (χ4v) is 3.42. The van der Waals surface area contributed by atoms with E-state index in [9.17, 15) is 4.79 Å². The van der Waals surface area contributed by atoms with Crippen molar-refractivity contribution in [2.45, 2.75) is 25.8 Å². The SMILES string of the molecule is CC(NC(=O)C1CCN(c2cncnc2N(C)C)CC1)c1ccccc1. The van der Waals surface area contributed by atoms with Gasteiger partial charge in [0, 0.05) is 33.1 Å². The van der Waals surface area contributed by atoms with Crippen LogP contribution in [0.4, 0.5) is 11.5 Å². The lowest BCUT2D eigenvalue weighted by Crippen LogP contribution is -2.41. The summed E-state index contributed by atoms with van der Waals surface area (Å²) in [4.78, 5) is 25.5. The van der Waals surface area contributed by atoms with Crippen LogP contribution in [0.25, 0.3) is 0 Å². The first-order chi connectivity index (χ1) is 12.6. The van der Waals surface area contributed by atoms with E-state index in [2.05, 4.69) is 20.2 Å². The fraction of sp³-hybridized carbons (Fsp3) is 0.450. The molecule has 1 saturated heterocycles. The maximum absolute atomic E-state index is 12.6. The Bertz CT molecular complexity index is 726.